The van der Waals surface area contributed by atoms with Crippen molar-refractivity contribution >= 4 is 17.5 Å². The van der Waals surface area contributed by atoms with Gasteiger partial charge in [0.2, 0.25) is 5.91 Å². The number of aromatic nitrogens is 3. The second-order valence-corrected chi connectivity index (χ2v) is 7.18. The number of rotatable bonds is 4. The first-order valence-corrected chi connectivity index (χ1v) is 9.08. The van der Waals surface area contributed by atoms with Crippen molar-refractivity contribution in [3.8, 4) is 0 Å². The molecule has 0 saturated carbocycles. The minimum absolute atomic E-state index is 0.138. The number of carbonyl (C=O) groups is 1. The maximum Gasteiger partial charge on any atom is 0.227 e. The Morgan fingerprint density at radius 1 is 1.28 bits per heavy atom. The van der Waals surface area contributed by atoms with E-state index in [0.717, 1.165) is 37.4 Å². The van der Waals surface area contributed by atoms with Gasteiger partial charge in [-0.25, -0.2) is 0 Å². The van der Waals surface area contributed by atoms with Crippen LogP contribution in [0.5, 0.6) is 0 Å². The van der Waals surface area contributed by atoms with E-state index in [9.17, 15) is 4.79 Å². The topological polar surface area (TPSA) is 60.2 Å². The molecule has 4 rings (SSSR count). The van der Waals surface area contributed by atoms with Crippen LogP contribution in [0.25, 0.3) is 0 Å². The summed E-state index contributed by atoms with van der Waals surface area (Å²) < 4.78 is 7.58. The van der Waals surface area contributed by atoms with Crippen LogP contribution in [0, 0.1) is 0 Å². The number of likely N-dealkylation sites (tertiary alicyclic amines) is 1. The van der Waals surface area contributed by atoms with Crippen molar-refractivity contribution in [3.63, 3.8) is 0 Å². The van der Waals surface area contributed by atoms with Gasteiger partial charge in [0.25, 0.3) is 0 Å². The quantitative estimate of drug-likeness (QED) is 0.840. The maximum absolute atomic E-state index is 12.4. The van der Waals surface area contributed by atoms with Crippen LogP contribution in [0.1, 0.15) is 36.2 Å². The molecule has 1 amide bonds. The molecule has 0 N–H and O–H groups in total. The highest BCUT2D eigenvalue weighted by Crippen LogP contribution is 2.30. The molecule has 2 aliphatic rings. The van der Waals surface area contributed by atoms with E-state index in [1.165, 1.54) is 0 Å². The zero-order valence-electron chi connectivity index (χ0n) is 14.0. The lowest BCUT2D eigenvalue weighted by Crippen LogP contribution is -2.51. The van der Waals surface area contributed by atoms with E-state index in [-0.39, 0.29) is 11.9 Å². The monoisotopic (exact) mass is 360 g/mol. The molecule has 2 aromatic rings. The SMILES string of the molecule is O=C(Cc1cccc(Cl)c1)N1CC(n2cnnc2C2CCOCC2)C1. The van der Waals surface area contributed by atoms with E-state index in [0.29, 0.717) is 30.5 Å². The van der Waals surface area contributed by atoms with Crippen molar-refractivity contribution in [1.29, 1.82) is 0 Å². The van der Waals surface area contributed by atoms with Crippen LogP contribution in [0.2, 0.25) is 5.02 Å². The Kier molecular flexibility index (Phi) is 4.72. The fraction of sp³-hybridized carbons (Fsp3) is 0.500. The lowest BCUT2D eigenvalue weighted by atomic mass is 9.98. The van der Waals surface area contributed by atoms with Gasteiger partial charge in [-0.2, -0.15) is 0 Å². The normalized spacial score (nSPS) is 19.0. The fourth-order valence-electron chi connectivity index (χ4n) is 3.55. The van der Waals surface area contributed by atoms with Crippen LogP contribution in [0.3, 0.4) is 0 Å². The molecule has 7 heteroatoms. The van der Waals surface area contributed by atoms with Crippen LogP contribution in [-0.4, -0.2) is 51.9 Å². The smallest absolute Gasteiger partial charge is 0.227 e. The molecule has 0 atom stereocenters. The first-order chi connectivity index (χ1) is 12.2. The summed E-state index contributed by atoms with van der Waals surface area (Å²) in [6, 6.07) is 7.75. The zero-order chi connectivity index (χ0) is 17.2. The molecule has 0 aliphatic carbocycles. The van der Waals surface area contributed by atoms with Gasteiger partial charge in [0.1, 0.15) is 12.2 Å². The predicted molar refractivity (Wildman–Crippen MR) is 93.6 cm³/mol. The second kappa shape index (κ2) is 7.14. The molecule has 0 unspecified atom stereocenters. The summed E-state index contributed by atoms with van der Waals surface area (Å²) in [4.78, 5) is 14.3. The van der Waals surface area contributed by atoms with Gasteiger partial charge in [0.15, 0.2) is 0 Å². The van der Waals surface area contributed by atoms with Crippen LogP contribution in [0.4, 0.5) is 0 Å². The first-order valence-electron chi connectivity index (χ1n) is 8.70. The average molecular weight is 361 g/mol. The molecular weight excluding hydrogens is 340 g/mol. The van der Waals surface area contributed by atoms with E-state index in [4.69, 9.17) is 16.3 Å². The molecule has 25 heavy (non-hydrogen) atoms. The summed E-state index contributed by atoms with van der Waals surface area (Å²) in [7, 11) is 0. The van der Waals surface area contributed by atoms with E-state index < -0.39 is 0 Å². The Morgan fingerprint density at radius 3 is 2.84 bits per heavy atom. The number of halogens is 1. The van der Waals surface area contributed by atoms with Gasteiger partial charge in [-0.15, -0.1) is 10.2 Å². The summed E-state index contributed by atoms with van der Waals surface area (Å²) in [5.41, 5.74) is 0.952. The summed E-state index contributed by atoms with van der Waals surface area (Å²) in [6.45, 7) is 3.00. The number of hydrogen-bond acceptors (Lipinski definition) is 4. The van der Waals surface area contributed by atoms with E-state index >= 15 is 0 Å². The van der Waals surface area contributed by atoms with Crippen LogP contribution in [-0.2, 0) is 16.0 Å². The summed E-state index contributed by atoms with van der Waals surface area (Å²) >= 11 is 5.99. The van der Waals surface area contributed by atoms with Crippen molar-refractivity contribution in [2.24, 2.45) is 0 Å². The van der Waals surface area contributed by atoms with E-state index in [1.807, 2.05) is 29.2 Å². The van der Waals surface area contributed by atoms with E-state index in [1.54, 1.807) is 6.33 Å². The number of amides is 1. The Morgan fingerprint density at radius 2 is 2.08 bits per heavy atom. The molecule has 0 spiro atoms. The number of nitrogens with zero attached hydrogens (tertiary/aromatic N) is 4. The molecule has 0 bridgehead atoms. The fourth-order valence-corrected chi connectivity index (χ4v) is 3.76. The Hall–Kier alpha value is -1.92. The van der Waals surface area contributed by atoms with Gasteiger partial charge in [0.05, 0.1) is 12.5 Å². The largest absolute Gasteiger partial charge is 0.381 e. The standard InChI is InChI=1S/C18H21ClN4O2/c19-15-3-1-2-13(8-15)9-17(24)22-10-16(11-22)23-12-20-21-18(23)14-4-6-25-7-5-14/h1-3,8,12,14,16H,4-7,9-11H2. The van der Waals surface area contributed by atoms with Crippen molar-refractivity contribution in [2.45, 2.75) is 31.2 Å². The average Bonchev–Trinajstić information content (AvgIpc) is 3.03. The highest BCUT2D eigenvalue weighted by molar-refractivity contribution is 6.30. The van der Waals surface area contributed by atoms with E-state index in [2.05, 4.69) is 14.8 Å². The molecule has 132 valence electrons. The van der Waals surface area contributed by atoms with Crippen molar-refractivity contribution in [3.05, 3.63) is 47.0 Å². The molecular formula is C18H21ClN4O2. The van der Waals surface area contributed by atoms with Crippen molar-refractivity contribution in [2.75, 3.05) is 26.3 Å². The predicted octanol–water partition coefficient (Wildman–Crippen LogP) is 2.45. The molecule has 2 fully saturated rings. The third-order valence-electron chi connectivity index (χ3n) is 5.04. The molecule has 6 nitrogen and oxygen atoms in total. The number of carbonyl (C=O) groups excluding carboxylic acids is 1. The van der Waals surface area contributed by atoms with Gasteiger partial charge in [0, 0.05) is 37.2 Å². The van der Waals surface area contributed by atoms with Gasteiger partial charge in [-0.1, -0.05) is 23.7 Å². The molecule has 3 heterocycles. The van der Waals surface area contributed by atoms with Crippen LogP contribution in [0.15, 0.2) is 30.6 Å². The first kappa shape index (κ1) is 16.5. The van der Waals surface area contributed by atoms with Crippen molar-refractivity contribution in [1.82, 2.24) is 19.7 Å². The number of hydrogen-bond donors (Lipinski definition) is 0. The van der Waals surface area contributed by atoms with Crippen molar-refractivity contribution < 1.29 is 9.53 Å². The van der Waals surface area contributed by atoms with Gasteiger partial charge in [-0.3, -0.25) is 4.79 Å². The lowest BCUT2D eigenvalue weighted by Gasteiger charge is -2.41. The van der Waals surface area contributed by atoms with Gasteiger partial charge in [-0.05, 0) is 30.5 Å². The Labute approximate surface area is 151 Å². The minimum Gasteiger partial charge on any atom is -0.381 e. The molecule has 1 aromatic carbocycles. The summed E-state index contributed by atoms with van der Waals surface area (Å²) in [5.74, 6) is 1.59. The zero-order valence-corrected chi connectivity index (χ0v) is 14.7. The Bertz CT molecular complexity index is 751. The molecule has 2 aliphatic heterocycles. The highest BCUT2D eigenvalue weighted by atomic mass is 35.5. The Balaban J connectivity index is 1.36. The lowest BCUT2D eigenvalue weighted by molar-refractivity contribution is -0.136. The van der Waals surface area contributed by atoms with Crippen LogP contribution < -0.4 is 0 Å². The second-order valence-electron chi connectivity index (χ2n) is 6.74. The van der Waals surface area contributed by atoms with Crippen LogP contribution >= 0.6 is 11.6 Å². The third kappa shape index (κ3) is 3.55. The minimum atomic E-state index is 0.138. The summed E-state index contributed by atoms with van der Waals surface area (Å²) in [5, 5.41) is 9.10. The molecule has 0 radical (unpaired) electrons. The molecule has 1 aromatic heterocycles. The van der Waals surface area contributed by atoms with Gasteiger partial charge >= 0.3 is 0 Å². The maximum atomic E-state index is 12.4. The third-order valence-corrected chi connectivity index (χ3v) is 5.28. The summed E-state index contributed by atoms with van der Waals surface area (Å²) in [6.07, 6.45) is 4.17. The molecule has 2 saturated heterocycles. The van der Waals surface area contributed by atoms with Gasteiger partial charge < -0.3 is 14.2 Å². The highest BCUT2D eigenvalue weighted by Gasteiger charge is 2.34. The number of benzene rings is 1. The number of ether oxygens (including phenoxy) is 1.